The minimum Gasteiger partial charge on any atom is -0.426 e. The van der Waals surface area contributed by atoms with Gasteiger partial charge in [0.05, 0.1) is 0 Å². The monoisotopic (exact) mass is 372 g/mol. The molecule has 0 bridgehead atoms. The van der Waals surface area contributed by atoms with Crippen LogP contribution < -0.4 is 14.2 Å². The minimum atomic E-state index is -0.557. The second-order valence-corrected chi connectivity index (χ2v) is 6.72. The molecule has 2 rings (SSSR count). The van der Waals surface area contributed by atoms with Gasteiger partial charge < -0.3 is 14.2 Å². The maximum absolute atomic E-state index is 11.7. The Morgan fingerprint density at radius 1 is 0.778 bits per heavy atom. The SMILES string of the molecule is CC(=O)Oc1c(CCC(C)C)c(OC(C)=O)c2ccccc2c1OC(C)=O. The van der Waals surface area contributed by atoms with E-state index in [1.807, 2.05) is 0 Å². The standard InChI is InChI=1S/C21H24O6/c1-12(2)10-11-18-19(25-13(3)22)16-8-6-7-9-17(16)20(26-14(4)23)21(18)27-15(5)24/h6-9,12H,10-11H2,1-5H3. The predicted octanol–water partition coefficient (Wildman–Crippen LogP) is 4.20. The topological polar surface area (TPSA) is 78.9 Å². The van der Waals surface area contributed by atoms with E-state index in [4.69, 9.17) is 14.2 Å². The average Bonchev–Trinajstić information content (AvgIpc) is 2.56. The molecule has 0 radical (unpaired) electrons. The molecule has 0 aliphatic heterocycles. The van der Waals surface area contributed by atoms with Crippen LogP contribution in [-0.2, 0) is 20.8 Å². The second-order valence-electron chi connectivity index (χ2n) is 6.72. The first kappa shape index (κ1) is 20.4. The maximum atomic E-state index is 11.7. The van der Waals surface area contributed by atoms with Gasteiger partial charge in [-0.3, -0.25) is 14.4 Å². The number of carbonyl (C=O) groups is 3. The van der Waals surface area contributed by atoms with Crippen LogP contribution in [-0.4, -0.2) is 17.9 Å². The Morgan fingerprint density at radius 3 is 1.70 bits per heavy atom. The highest BCUT2D eigenvalue weighted by molar-refractivity contribution is 6.00. The molecule has 0 unspecified atom stereocenters. The lowest BCUT2D eigenvalue weighted by Crippen LogP contribution is -2.13. The van der Waals surface area contributed by atoms with Gasteiger partial charge in [0.15, 0.2) is 11.5 Å². The molecular weight excluding hydrogens is 348 g/mol. The first-order chi connectivity index (χ1) is 12.7. The zero-order valence-electron chi connectivity index (χ0n) is 16.3. The van der Waals surface area contributed by atoms with Crippen LogP contribution in [0.3, 0.4) is 0 Å². The summed E-state index contributed by atoms with van der Waals surface area (Å²) < 4.78 is 16.3. The van der Waals surface area contributed by atoms with Crippen molar-refractivity contribution in [2.24, 2.45) is 5.92 Å². The van der Waals surface area contributed by atoms with Crippen LogP contribution in [0.5, 0.6) is 17.2 Å². The maximum Gasteiger partial charge on any atom is 0.308 e. The molecular formula is C21H24O6. The van der Waals surface area contributed by atoms with Gasteiger partial charge in [-0.05, 0) is 18.8 Å². The summed E-state index contributed by atoms with van der Waals surface area (Å²) in [5, 5.41) is 1.13. The molecule has 0 aromatic heterocycles. The summed E-state index contributed by atoms with van der Waals surface area (Å²) in [6.07, 6.45) is 1.25. The van der Waals surface area contributed by atoms with E-state index < -0.39 is 17.9 Å². The van der Waals surface area contributed by atoms with Gasteiger partial charge >= 0.3 is 17.9 Å². The fourth-order valence-corrected chi connectivity index (χ4v) is 2.82. The molecule has 0 heterocycles. The van der Waals surface area contributed by atoms with Crippen LogP contribution in [0.15, 0.2) is 24.3 Å². The van der Waals surface area contributed by atoms with E-state index in [9.17, 15) is 14.4 Å². The van der Waals surface area contributed by atoms with Crippen molar-refractivity contribution in [3.05, 3.63) is 29.8 Å². The van der Waals surface area contributed by atoms with E-state index >= 15 is 0 Å². The fourth-order valence-electron chi connectivity index (χ4n) is 2.82. The molecule has 0 amide bonds. The third-order valence-electron chi connectivity index (χ3n) is 3.88. The number of fused-ring (bicyclic) bond motifs is 1. The number of ether oxygens (including phenoxy) is 3. The summed E-state index contributed by atoms with van der Waals surface area (Å²) in [4.78, 5) is 35.2. The van der Waals surface area contributed by atoms with E-state index in [0.717, 1.165) is 6.42 Å². The largest absolute Gasteiger partial charge is 0.426 e. The summed E-state index contributed by atoms with van der Waals surface area (Å²) in [6.45, 7) is 7.98. The fraction of sp³-hybridized carbons (Fsp3) is 0.381. The Hall–Kier alpha value is -2.89. The second kappa shape index (κ2) is 8.66. The molecule has 144 valence electrons. The highest BCUT2D eigenvalue weighted by Gasteiger charge is 2.26. The Labute approximate surface area is 158 Å². The van der Waals surface area contributed by atoms with Gasteiger partial charge in [-0.1, -0.05) is 38.1 Å². The van der Waals surface area contributed by atoms with Crippen molar-refractivity contribution in [3.63, 3.8) is 0 Å². The summed E-state index contributed by atoms with van der Waals surface area (Å²) in [5.74, 6) is -0.618. The quantitative estimate of drug-likeness (QED) is 0.558. The molecule has 6 heteroatoms. The van der Waals surface area contributed by atoms with Crippen LogP contribution in [0.4, 0.5) is 0 Å². The van der Waals surface area contributed by atoms with Crippen molar-refractivity contribution in [1.82, 2.24) is 0 Å². The third-order valence-corrected chi connectivity index (χ3v) is 3.88. The van der Waals surface area contributed by atoms with Gasteiger partial charge in [-0.15, -0.1) is 0 Å². The lowest BCUT2D eigenvalue weighted by atomic mass is 9.96. The van der Waals surface area contributed by atoms with Gasteiger partial charge in [0.1, 0.15) is 5.75 Å². The Kier molecular flexibility index (Phi) is 6.55. The molecule has 0 spiro atoms. The van der Waals surface area contributed by atoms with E-state index in [-0.39, 0.29) is 11.5 Å². The van der Waals surface area contributed by atoms with Crippen LogP contribution in [0.25, 0.3) is 10.8 Å². The van der Waals surface area contributed by atoms with Crippen molar-refractivity contribution in [2.75, 3.05) is 0 Å². The number of rotatable bonds is 6. The van der Waals surface area contributed by atoms with E-state index in [1.54, 1.807) is 24.3 Å². The van der Waals surface area contributed by atoms with Crippen LogP contribution >= 0.6 is 0 Å². The molecule has 6 nitrogen and oxygen atoms in total. The summed E-state index contributed by atoms with van der Waals surface area (Å²) >= 11 is 0. The number of hydrogen-bond donors (Lipinski definition) is 0. The zero-order valence-corrected chi connectivity index (χ0v) is 16.3. The molecule has 0 saturated heterocycles. The van der Waals surface area contributed by atoms with Crippen LogP contribution in [0.1, 0.15) is 46.6 Å². The van der Waals surface area contributed by atoms with E-state index in [0.29, 0.717) is 34.4 Å². The predicted molar refractivity (Wildman–Crippen MR) is 101 cm³/mol. The zero-order chi connectivity index (χ0) is 20.1. The third kappa shape index (κ3) is 5.06. The number of benzene rings is 2. The summed E-state index contributed by atoms with van der Waals surface area (Å²) in [5.41, 5.74) is 0.532. The lowest BCUT2D eigenvalue weighted by Gasteiger charge is -2.20. The van der Waals surface area contributed by atoms with E-state index in [1.165, 1.54) is 20.8 Å². The van der Waals surface area contributed by atoms with Crippen LogP contribution in [0, 0.1) is 5.92 Å². The average molecular weight is 372 g/mol. The van der Waals surface area contributed by atoms with Crippen molar-refractivity contribution in [3.8, 4) is 17.2 Å². The Bertz CT molecular complexity index is 882. The Morgan fingerprint density at radius 2 is 1.22 bits per heavy atom. The van der Waals surface area contributed by atoms with Crippen LogP contribution in [0.2, 0.25) is 0 Å². The first-order valence-corrected chi connectivity index (χ1v) is 8.83. The van der Waals surface area contributed by atoms with Crippen molar-refractivity contribution in [1.29, 1.82) is 0 Å². The van der Waals surface area contributed by atoms with Crippen molar-refractivity contribution < 1.29 is 28.6 Å². The number of esters is 3. The smallest absolute Gasteiger partial charge is 0.308 e. The molecule has 0 saturated carbocycles. The minimum absolute atomic E-state index is 0.119. The summed E-state index contributed by atoms with van der Waals surface area (Å²) in [7, 11) is 0. The first-order valence-electron chi connectivity index (χ1n) is 8.83. The molecule has 0 N–H and O–H groups in total. The van der Waals surface area contributed by atoms with Gasteiger partial charge in [0.25, 0.3) is 0 Å². The normalized spacial score (nSPS) is 10.7. The highest BCUT2D eigenvalue weighted by atomic mass is 16.6. The molecule has 0 aliphatic carbocycles. The molecule has 2 aromatic rings. The lowest BCUT2D eigenvalue weighted by molar-refractivity contribution is -0.134. The van der Waals surface area contributed by atoms with Gasteiger partial charge in [-0.25, -0.2) is 0 Å². The summed E-state index contributed by atoms with van der Waals surface area (Å²) in [6, 6.07) is 7.06. The van der Waals surface area contributed by atoms with Gasteiger partial charge in [-0.2, -0.15) is 0 Å². The van der Waals surface area contributed by atoms with Crippen molar-refractivity contribution in [2.45, 2.75) is 47.5 Å². The van der Waals surface area contributed by atoms with E-state index in [2.05, 4.69) is 13.8 Å². The molecule has 0 atom stereocenters. The molecule has 0 fully saturated rings. The van der Waals surface area contributed by atoms with Crippen molar-refractivity contribution >= 4 is 28.7 Å². The number of carbonyl (C=O) groups excluding carboxylic acids is 3. The van der Waals surface area contributed by atoms with Gasteiger partial charge in [0.2, 0.25) is 0 Å². The molecule has 27 heavy (non-hydrogen) atoms. The van der Waals surface area contributed by atoms with Gasteiger partial charge in [0, 0.05) is 37.1 Å². The number of hydrogen-bond acceptors (Lipinski definition) is 6. The highest BCUT2D eigenvalue weighted by Crippen LogP contribution is 2.47. The molecule has 2 aromatic carbocycles. The molecule has 0 aliphatic rings. The Balaban J connectivity index is 2.88.